The van der Waals surface area contributed by atoms with Crippen LogP contribution in [0.4, 0.5) is 17.1 Å². The predicted octanol–water partition coefficient (Wildman–Crippen LogP) is 5.88. The Bertz CT molecular complexity index is 1430. The summed E-state index contributed by atoms with van der Waals surface area (Å²) in [4.78, 5) is 50.9. The van der Waals surface area contributed by atoms with Crippen LogP contribution in [-0.2, 0) is 9.59 Å². The van der Waals surface area contributed by atoms with E-state index in [1.54, 1.807) is 48.5 Å². The summed E-state index contributed by atoms with van der Waals surface area (Å²) in [5.74, 6) is -2.04. The fourth-order valence-electron chi connectivity index (χ4n) is 3.40. The molecule has 0 aromatic heterocycles. The van der Waals surface area contributed by atoms with Crippen molar-refractivity contribution in [2.24, 2.45) is 0 Å². The van der Waals surface area contributed by atoms with E-state index in [4.69, 9.17) is 34.8 Å². The van der Waals surface area contributed by atoms with Crippen molar-refractivity contribution < 1.29 is 19.2 Å². The molecule has 0 saturated heterocycles. The predicted molar refractivity (Wildman–Crippen MR) is 136 cm³/mol. The Morgan fingerprint density at radius 2 is 1.43 bits per heavy atom. The number of imide groups is 1. The zero-order chi connectivity index (χ0) is 25.3. The van der Waals surface area contributed by atoms with Gasteiger partial charge in [-0.3, -0.25) is 19.2 Å². The summed E-state index contributed by atoms with van der Waals surface area (Å²) < 4.78 is 0. The molecule has 3 aromatic rings. The molecular weight excluding hydrogens is 513 g/mol. The summed E-state index contributed by atoms with van der Waals surface area (Å²) in [5, 5.41) is 5.43. The summed E-state index contributed by atoms with van der Waals surface area (Å²) in [7, 11) is 0. The van der Waals surface area contributed by atoms with Gasteiger partial charge in [-0.2, -0.15) is 0 Å². The summed E-state index contributed by atoms with van der Waals surface area (Å²) in [6.45, 7) is 1.44. The Hall–Kier alpha value is -3.65. The quantitative estimate of drug-likeness (QED) is 0.307. The highest BCUT2D eigenvalue weighted by Crippen LogP contribution is 2.37. The Kier molecular flexibility index (Phi) is 6.93. The fourth-order valence-corrected chi connectivity index (χ4v) is 3.99. The second-order valence-corrected chi connectivity index (χ2v) is 8.67. The van der Waals surface area contributed by atoms with Crippen LogP contribution in [-0.4, -0.2) is 23.5 Å². The maximum atomic E-state index is 13.0. The molecular formula is C25H16Cl3N3O4. The van der Waals surface area contributed by atoms with Gasteiger partial charge in [0.15, 0.2) is 5.78 Å². The minimum absolute atomic E-state index is 0.0362. The first-order valence-corrected chi connectivity index (χ1v) is 11.3. The monoisotopic (exact) mass is 527 g/mol. The maximum Gasteiger partial charge on any atom is 0.283 e. The fraction of sp³-hybridized carbons (Fsp3) is 0.0400. The van der Waals surface area contributed by atoms with E-state index in [0.717, 1.165) is 4.90 Å². The molecule has 176 valence electrons. The molecule has 0 bridgehead atoms. The molecule has 0 unspecified atom stereocenters. The zero-order valence-electron chi connectivity index (χ0n) is 18.1. The van der Waals surface area contributed by atoms with Gasteiger partial charge < -0.3 is 10.6 Å². The molecule has 0 atom stereocenters. The van der Waals surface area contributed by atoms with Gasteiger partial charge in [0.05, 0.1) is 15.7 Å². The van der Waals surface area contributed by atoms with Crippen molar-refractivity contribution in [2.75, 3.05) is 15.5 Å². The number of carbonyl (C=O) groups is 4. The van der Waals surface area contributed by atoms with Crippen LogP contribution in [0.3, 0.4) is 0 Å². The zero-order valence-corrected chi connectivity index (χ0v) is 20.3. The molecule has 0 spiro atoms. The second kappa shape index (κ2) is 9.92. The molecule has 0 saturated carbocycles. The van der Waals surface area contributed by atoms with Crippen molar-refractivity contribution in [3.05, 3.63) is 98.6 Å². The molecule has 35 heavy (non-hydrogen) atoms. The number of hydrogen-bond donors (Lipinski definition) is 2. The number of benzene rings is 3. The number of halogens is 3. The van der Waals surface area contributed by atoms with Crippen LogP contribution < -0.4 is 15.5 Å². The van der Waals surface area contributed by atoms with Gasteiger partial charge >= 0.3 is 0 Å². The lowest BCUT2D eigenvalue weighted by Gasteiger charge is -2.17. The lowest BCUT2D eigenvalue weighted by atomic mass is 10.1. The van der Waals surface area contributed by atoms with Crippen LogP contribution in [0.15, 0.2) is 77.5 Å². The molecule has 0 fully saturated rings. The van der Waals surface area contributed by atoms with E-state index in [-0.39, 0.29) is 37.8 Å². The minimum Gasteiger partial charge on any atom is -0.350 e. The van der Waals surface area contributed by atoms with E-state index in [1.165, 1.54) is 25.1 Å². The number of Topliss-reactive ketones (excluding diaryl/α,β-unsaturated/α-hetero) is 1. The van der Waals surface area contributed by atoms with Crippen molar-refractivity contribution in [1.82, 2.24) is 0 Å². The Morgan fingerprint density at radius 1 is 0.800 bits per heavy atom. The van der Waals surface area contributed by atoms with Crippen molar-refractivity contribution >= 4 is 75.4 Å². The molecule has 3 aromatic carbocycles. The number of rotatable bonds is 6. The molecule has 3 amide bonds. The third kappa shape index (κ3) is 4.93. The van der Waals surface area contributed by atoms with Gasteiger partial charge in [-0.1, -0.05) is 59.1 Å². The SMILES string of the molecule is CC(=O)c1cccc(NC(=O)c2cccc(NC3=C(Cl)C(=O)N(c4cccc(Cl)c4Cl)C3=O)c2)c1. The first-order valence-electron chi connectivity index (χ1n) is 10.2. The van der Waals surface area contributed by atoms with Crippen LogP contribution in [0, 0.1) is 0 Å². The van der Waals surface area contributed by atoms with Gasteiger partial charge in [0.2, 0.25) is 0 Å². The molecule has 2 N–H and O–H groups in total. The maximum absolute atomic E-state index is 13.0. The molecule has 4 rings (SSSR count). The number of carbonyl (C=O) groups excluding carboxylic acids is 4. The molecule has 1 heterocycles. The standard InChI is InChI=1S/C25H16Cl3N3O4/c1-13(32)14-5-2-8-17(11-14)30-23(33)15-6-3-7-16(12-15)29-22-21(28)24(34)31(25(22)35)19-10-4-9-18(26)20(19)27/h2-12,29H,1H3,(H,30,33). The number of nitrogens with one attached hydrogen (secondary N) is 2. The second-order valence-electron chi connectivity index (χ2n) is 7.50. The largest absolute Gasteiger partial charge is 0.350 e. The highest BCUT2D eigenvalue weighted by Gasteiger charge is 2.40. The smallest absolute Gasteiger partial charge is 0.283 e. The van der Waals surface area contributed by atoms with Crippen molar-refractivity contribution in [2.45, 2.75) is 6.92 Å². The molecule has 1 aliphatic rings. The van der Waals surface area contributed by atoms with E-state index < -0.39 is 17.7 Å². The minimum atomic E-state index is -0.761. The lowest BCUT2D eigenvalue weighted by Crippen LogP contribution is -2.32. The first-order chi connectivity index (χ1) is 16.7. The average molecular weight is 529 g/mol. The highest BCUT2D eigenvalue weighted by molar-refractivity contribution is 6.54. The van der Waals surface area contributed by atoms with Crippen LogP contribution in [0.5, 0.6) is 0 Å². The van der Waals surface area contributed by atoms with Gasteiger partial charge in [0.25, 0.3) is 17.7 Å². The van der Waals surface area contributed by atoms with E-state index in [9.17, 15) is 19.2 Å². The average Bonchev–Trinajstić information content (AvgIpc) is 3.04. The normalized spacial score (nSPS) is 13.3. The lowest BCUT2D eigenvalue weighted by molar-refractivity contribution is -0.120. The van der Waals surface area contributed by atoms with E-state index >= 15 is 0 Å². The van der Waals surface area contributed by atoms with Crippen LogP contribution in [0.2, 0.25) is 10.0 Å². The topological polar surface area (TPSA) is 95.6 Å². The van der Waals surface area contributed by atoms with Crippen LogP contribution in [0.25, 0.3) is 0 Å². The van der Waals surface area contributed by atoms with E-state index in [0.29, 0.717) is 16.9 Å². The molecule has 10 heteroatoms. The van der Waals surface area contributed by atoms with Gasteiger partial charge in [-0.25, -0.2) is 4.90 Å². The van der Waals surface area contributed by atoms with Gasteiger partial charge in [0, 0.05) is 22.5 Å². The summed E-state index contributed by atoms with van der Waals surface area (Å²) in [5.41, 5.74) is 1.48. The Morgan fingerprint density at radius 3 is 2.14 bits per heavy atom. The molecule has 0 radical (unpaired) electrons. The number of hydrogen-bond acceptors (Lipinski definition) is 5. The van der Waals surface area contributed by atoms with Crippen LogP contribution >= 0.6 is 34.8 Å². The summed E-state index contributed by atoms with van der Waals surface area (Å²) in [6, 6.07) is 17.4. The van der Waals surface area contributed by atoms with Crippen LogP contribution in [0.1, 0.15) is 27.6 Å². The Labute approximate surface area is 215 Å². The van der Waals surface area contributed by atoms with Gasteiger partial charge in [-0.05, 0) is 49.4 Å². The molecule has 7 nitrogen and oxygen atoms in total. The third-order valence-corrected chi connectivity index (χ3v) is 6.28. The van der Waals surface area contributed by atoms with Gasteiger partial charge in [0.1, 0.15) is 10.7 Å². The number of amides is 3. The van der Waals surface area contributed by atoms with Gasteiger partial charge in [-0.15, -0.1) is 0 Å². The highest BCUT2D eigenvalue weighted by atomic mass is 35.5. The Balaban J connectivity index is 1.55. The van der Waals surface area contributed by atoms with E-state index in [1.807, 2.05) is 0 Å². The van der Waals surface area contributed by atoms with Crippen molar-refractivity contribution in [3.8, 4) is 0 Å². The van der Waals surface area contributed by atoms with Crippen molar-refractivity contribution in [1.29, 1.82) is 0 Å². The third-order valence-electron chi connectivity index (χ3n) is 5.12. The first kappa shape index (κ1) is 24.5. The summed E-state index contributed by atoms with van der Waals surface area (Å²) >= 11 is 18.4. The molecule has 1 aliphatic heterocycles. The summed E-state index contributed by atoms with van der Waals surface area (Å²) in [6.07, 6.45) is 0. The molecule has 0 aliphatic carbocycles. The van der Waals surface area contributed by atoms with Crippen molar-refractivity contribution in [3.63, 3.8) is 0 Å². The number of anilines is 3. The number of ketones is 1. The van der Waals surface area contributed by atoms with E-state index in [2.05, 4.69) is 10.6 Å². The number of nitrogens with zero attached hydrogens (tertiary/aromatic N) is 1.